The van der Waals surface area contributed by atoms with Gasteiger partial charge in [-0.3, -0.25) is 0 Å². The van der Waals surface area contributed by atoms with Gasteiger partial charge < -0.3 is 4.98 Å². The molecule has 0 radical (unpaired) electrons. The third-order valence-corrected chi connectivity index (χ3v) is 2.73. The van der Waals surface area contributed by atoms with Crippen LogP contribution in [0.3, 0.4) is 0 Å². The third kappa shape index (κ3) is 1.67. The lowest BCUT2D eigenvalue weighted by atomic mass is 10.1. The molecule has 13 heavy (non-hydrogen) atoms. The molecule has 0 fully saturated rings. The lowest BCUT2D eigenvalue weighted by Gasteiger charge is -2.02. The van der Waals surface area contributed by atoms with Crippen LogP contribution in [0.4, 0.5) is 0 Å². The molecule has 0 atom stereocenters. The number of aromatic nitrogens is 1. The van der Waals surface area contributed by atoms with Crippen molar-refractivity contribution in [1.82, 2.24) is 4.98 Å². The van der Waals surface area contributed by atoms with Crippen LogP contribution in [0.5, 0.6) is 0 Å². The highest BCUT2D eigenvalue weighted by atomic mass is 79.9. The summed E-state index contributed by atoms with van der Waals surface area (Å²) in [7, 11) is 0. The number of benzene rings is 1. The third-order valence-electron chi connectivity index (χ3n) is 2.01. The van der Waals surface area contributed by atoms with E-state index >= 15 is 0 Å². The van der Waals surface area contributed by atoms with Gasteiger partial charge in [-0.05, 0) is 36.8 Å². The second kappa shape index (κ2) is 3.24. The van der Waals surface area contributed by atoms with Gasteiger partial charge in [0.25, 0.3) is 0 Å². The topological polar surface area (TPSA) is 15.8 Å². The van der Waals surface area contributed by atoms with Crippen LogP contribution in [0.2, 0.25) is 0 Å². The smallest absolute Gasteiger partial charge is 0.103 e. The van der Waals surface area contributed by atoms with E-state index < -0.39 is 0 Å². The SMILES string of the molecule is Cc1cc(=S)[nH]c2ccc(Br)cc12. The first-order chi connectivity index (χ1) is 6.16. The van der Waals surface area contributed by atoms with Crippen LogP contribution in [-0.2, 0) is 0 Å². The van der Waals surface area contributed by atoms with Gasteiger partial charge in [-0.1, -0.05) is 28.1 Å². The zero-order valence-electron chi connectivity index (χ0n) is 7.10. The van der Waals surface area contributed by atoms with Crippen LogP contribution < -0.4 is 0 Å². The Morgan fingerprint density at radius 3 is 2.85 bits per heavy atom. The summed E-state index contributed by atoms with van der Waals surface area (Å²) in [6, 6.07) is 8.11. The number of pyridine rings is 1. The number of hydrogen-bond acceptors (Lipinski definition) is 1. The van der Waals surface area contributed by atoms with Crippen molar-refractivity contribution in [2.24, 2.45) is 0 Å². The Kier molecular flexibility index (Phi) is 2.22. The first-order valence-corrected chi connectivity index (χ1v) is 5.16. The summed E-state index contributed by atoms with van der Waals surface area (Å²) in [6.07, 6.45) is 0. The van der Waals surface area contributed by atoms with Crippen LogP contribution >= 0.6 is 28.1 Å². The maximum atomic E-state index is 5.09. The fourth-order valence-electron chi connectivity index (χ4n) is 1.39. The number of halogens is 1. The molecule has 0 aliphatic carbocycles. The fraction of sp³-hybridized carbons (Fsp3) is 0.100. The largest absolute Gasteiger partial charge is 0.346 e. The van der Waals surface area contributed by atoms with Gasteiger partial charge in [0.1, 0.15) is 4.64 Å². The standard InChI is InChI=1S/C10H8BrNS/c1-6-4-10(13)12-9-3-2-7(11)5-8(6)9/h2-5H,1H3,(H,12,13). The molecule has 3 heteroatoms. The predicted octanol–water partition coefficient (Wildman–Crippen LogP) is 3.97. The molecular weight excluding hydrogens is 246 g/mol. The van der Waals surface area contributed by atoms with Crippen LogP contribution in [0.25, 0.3) is 10.9 Å². The predicted molar refractivity (Wildman–Crippen MR) is 61.6 cm³/mol. The minimum absolute atomic E-state index is 0.785. The Hall–Kier alpha value is -0.670. The molecule has 0 spiro atoms. The van der Waals surface area contributed by atoms with Crippen molar-refractivity contribution in [3.05, 3.63) is 38.9 Å². The van der Waals surface area contributed by atoms with Gasteiger partial charge in [0.2, 0.25) is 0 Å². The quantitative estimate of drug-likeness (QED) is 0.703. The van der Waals surface area contributed by atoms with Crippen molar-refractivity contribution < 1.29 is 0 Å². The van der Waals surface area contributed by atoms with E-state index in [0.717, 1.165) is 14.6 Å². The van der Waals surface area contributed by atoms with Crippen molar-refractivity contribution in [3.8, 4) is 0 Å². The van der Waals surface area contributed by atoms with E-state index in [9.17, 15) is 0 Å². The molecule has 0 saturated carbocycles. The summed E-state index contributed by atoms with van der Waals surface area (Å²) in [6.45, 7) is 2.07. The molecule has 1 nitrogen and oxygen atoms in total. The maximum absolute atomic E-state index is 5.09. The highest BCUT2D eigenvalue weighted by Crippen LogP contribution is 2.21. The zero-order valence-corrected chi connectivity index (χ0v) is 9.50. The Morgan fingerprint density at radius 1 is 1.31 bits per heavy atom. The van der Waals surface area contributed by atoms with Gasteiger partial charge >= 0.3 is 0 Å². The summed E-state index contributed by atoms with van der Waals surface area (Å²) < 4.78 is 1.88. The number of aromatic amines is 1. The number of aryl methyl sites for hydroxylation is 1. The van der Waals surface area contributed by atoms with Crippen molar-refractivity contribution >= 4 is 39.1 Å². The molecule has 0 amide bonds. The molecule has 0 unspecified atom stereocenters. The first-order valence-electron chi connectivity index (χ1n) is 3.96. The van der Waals surface area contributed by atoms with Gasteiger partial charge in [0.05, 0.1) is 0 Å². The number of H-pyrrole nitrogens is 1. The second-order valence-corrected chi connectivity index (χ2v) is 4.36. The average molecular weight is 254 g/mol. The summed E-state index contributed by atoms with van der Waals surface area (Å²) in [4.78, 5) is 3.15. The van der Waals surface area contributed by atoms with Gasteiger partial charge in [0, 0.05) is 15.4 Å². The summed E-state index contributed by atoms with van der Waals surface area (Å²) in [5, 5.41) is 1.21. The van der Waals surface area contributed by atoms with E-state index in [4.69, 9.17) is 12.2 Å². The second-order valence-electron chi connectivity index (χ2n) is 3.01. The Morgan fingerprint density at radius 2 is 2.08 bits per heavy atom. The van der Waals surface area contributed by atoms with Crippen LogP contribution in [0.1, 0.15) is 5.56 Å². The summed E-state index contributed by atoms with van der Waals surface area (Å²) >= 11 is 8.54. The number of hydrogen-bond donors (Lipinski definition) is 1. The molecule has 0 aliphatic rings. The fourth-order valence-corrected chi connectivity index (χ4v) is 2.04. The number of rotatable bonds is 0. The number of nitrogens with one attached hydrogen (secondary N) is 1. The van der Waals surface area contributed by atoms with Gasteiger partial charge in [-0.15, -0.1) is 0 Å². The molecule has 2 rings (SSSR count). The van der Waals surface area contributed by atoms with Crippen LogP contribution in [0.15, 0.2) is 28.7 Å². The minimum Gasteiger partial charge on any atom is -0.346 e. The minimum atomic E-state index is 0.785. The molecular formula is C10H8BrNS. The van der Waals surface area contributed by atoms with Crippen LogP contribution in [0, 0.1) is 11.6 Å². The normalized spacial score (nSPS) is 10.6. The summed E-state index contributed by atoms with van der Waals surface area (Å²) in [5.41, 5.74) is 2.30. The molecule has 1 heterocycles. The lowest BCUT2D eigenvalue weighted by molar-refractivity contribution is 1.34. The molecule has 1 aromatic carbocycles. The van der Waals surface area contributed by atoms with Crippen molar-refractivity contribution in [2.45, 2.75) is 6.92 Å². The monoisotopic (exact) mass is 253 g/mol. The van der Waals surface area contributed by atoms with E-state index in [-0.39, 0.29) is 0 Å². The molecule has 2 aromatic rings. The average Bonchev–Trinajstić information content (AvgIpc) is 2.06. The van der Waals surface area contributed by atoms with Crippen molar-refractivity contribution in [3.63, 3.8) is 0 Å². The Bertz CT molecular complexity index is 516. The van der Waals surface area contributed by atoms with E-state index in [1.165, 1.54) is 10.9 Å². The Labute approximate surface area is 89.9 Å². The van der Waals surface area contributed by atoms with E-state index in [0.29, 0.717) is 0 Å². The molecule has 0 saturated heterocycles. The Balaban J connectivity index is 2.95. The van der Waals surface area contributed by atoms with E-state index in [2.05, 4.69) is 33.9 Å². The maximum Gasteiger partial charge on any atom is 0.103 e. The van der Waals surface area contributed by atoms with Crippen LogP contribution in [-0.4, -0.2) is 4.98 Å². The summed E-state index contributed by atoms with van der Waals surface area (Å²) in [5.74, 6) is 0. The van der Waals surface area contributed by atoms with Crippen molar-refractivity contribution in [2.75, 3.05) is 0 Å². The molecule has 66 valence electrons. The van der Waals surface area contributed by atoms with Gasteiger partial charge in [-0.25, -0.2) is 0 Å². The van der Waals surface area contributed by atoms with Gasteiger partial charge in [-0.2, -0.15) is 0 Å². The first kappa shape index (κ1) is 8.91. The zero-order chi connectivity index (χ0) is 9.42. The van der Waals surface area contributed by atoms with Gasteiger partial charge in [0.15, 0.2) is 0 Å². The highest BCUT2D eigenvalue weighted by Gasteiger charge is 1.97. The van der Waals surface area contributed by atoms with Crippen molar-refractivity contribution in [1.29, 1.82) is 0 Å². The molecule has 1 N–H and O–H groups in total. The molecule has 0 aliphatic heterocycles. The molecule has 1 aromatic heterocycles. The van der Waals surface area contributed by atoms with E-state index in [1.807, 2.05) is 18.2 Å². The number of fused-ring (bicyclic) bond motifs is 1. The lowest BCUT2D eigenvalue weighted by Crippen LogP contribution is -1.83. The van der Waals surface area contributed by atoms with E-state index in [1.54, 1.807) is 0 Å². The highest BCUT2D eigenvalue weighted by molar-refractivity contribution is 9.10. The molecule has 0 bridgehead atoms.